The summed E-state index contributed by atoms with van der Waals surface area (Å²) in [6, 6.07) is 1.68. The summed E-state index contributed by atoms with van der Waals surface area (Å²) in [7, 11) is 1.45. The Bertz CT molecular complexity index is 531. The number of fused-ring (bicyclic) bond motifs is 1. The molecule has 1 unspecified atom stereocenters. The lowest BCUT2D eigenvalue weighted by Gasteiger charge is -2.24. The molecule has 0 heterocycles. The first-order chi connectivity index (χ1) is 8.45. The summed E-state index contributed by atoms with van der Waals surface area (Å²) >= 11 is 0. The van der Waals surface area contributed by atoms with Crippen LogP contribution >= 0.6 is 0 Å². The molecule has 0 saturated carbocycles. The number of hydrogen-bond acceptors (Lipinski definition) is 3. The van der Waals surface area contributed by atoms with Gasteiger partial charge in [0.25, 0.3) is 0 Å². The molecule has 96 valence electrons. The molecule has 1 aliphatic rings. The molecule has 1 atom stereocenters. The third-order valence-corrected chi connectivity index (χ3v) is 3.39. The smallest absolute Gasteiger partial charge is 0.339 e. The summed E-state index contributed by atoms with van der Waals surface area (Å²) in [5.74, 6) is -0.374. The van der Waals surface area contributed by atoms with E-state index in [9.17, 15) is 14.7 Å². The van der Waals surface area contributed by atoms with Crippen molar-refractivity contribution in [2.75, 3.05) is 7.11 Å². The van der Waals surface area contributed by atoms with E-state index in [1.165, 1.54) is 7.11 Å². The van der Waals surface area contributed by atoms with Crippen molar-refractivity contribution in [3.8, 4) is 5.75 Å². The molecule has 1 N–H and O–H groups in total. The molecule has 18 heavy (non-hydrogen) atoms. The van der Waals surface area contributed by atoms with E-state index in [2.05, 4.69) is 0 Å². The second-order valence-corrected chi connectivity index (χ2v) is 4.87. The number of aromatic carboxylic acids is 1. The van der Waals surface area contributed by atoms with Crippen LogP contribution in [0.5, 0.6) is 5.75 Å². The number of benzene rings is 1. The highest BCUT2D eigenvalue weighted by Gasteiger charge is 2.29. The van der Waals surface area contributed by atoms with Gasteiger partial charge < -0.3 is 9.84 Å². The summed E-state index contributed by atoms with van der Waals surface area (Å²) in [6.07, 6.45) is 1.20. The summed E-state index contributed by atoms with van der Waals surface area (Å²) in [4.78, 5) is 23.3. The standard InChI is InChI=1S/C14H16O4/c1-7-4-10-9(11(15)5-7)6-8(2)12(14(16)17)13(10)18-3/h6-7H,4-5H2,1-3H3,(H,16,17). The zero-order valence-corrected chi connectivity index (χ0v) is 10.7. The van der Waals surface area contributed by atoms with Crippen molar-refractivity contribution in [3.63, 3.8) is 0 Å². The Hall–Kier alpha value is -1.84. The Morgan fingerprint density at radius 2 is 2.11 bits per heavy atom. The molecule has 0 spiro atoms. The Kier molecular flexibility index (Phi) is 3.11. The van der Waals surface area contributed by atoms with Crippen LogP contribution in [0.25, 0.3) is 0 Å². The number of ketones is 1. The lowest BCUT2D eigenvalue weighted by atomic mass is 9.81. The molecule has 1 aromatic carbocycles. The van der Waals surface area contributed by atoms with Crippen LogP contribution in [0.3, 0.4) is 0 Å². The van der Waals surface area contributed by atoms with Crippen molar-refractivity contribution < 1.29 is 19.4 Å². The van der Waals surface area contributed by atoms with Crippen molar-refractivity contribution in [1.29, 1.82) is 0 Å². The molecule has 4 nitrogen and oxygen atoms in total. The molecule has 0 fully saturated rings. The van der Waals surface area contributed by atoms with E-state index >= 15 is 0 Å². The molecule has 0 saturated heterocycles. The molecule has 4 heteroatoms. The van der Waals surface area contributed by atoms with E-state index in [-0.39, 0.29) is 17.3 Å². The summed E-state index contributed by atoms with van der Waals surface area (Å²) < 4.78 is 5.25. The van der Waals surface area contributed by atoms with Crippen molar-refractivity contribution in [1.82, 2.24) is 0 Å². The van der Waals surface area contributed by atoms with Crippen LogP contribution in [-0.2, 0) is 6.42 Å². The molecule has 0 radical (unpaired) electrons. The van der Waals surface area contributed by atoms with Crippen LogP contribution in [0.2, 0.25) is 0 Å². The highest BCUT2D eigenvalue weighted by atomic mass is 16.5. The van der Waals surface area contributed by atoms with Gasteiger partial charge in [-0.25, -0.2) is 4.79 Å². The molecule has 0 aliphatic heterocycles. The fraction of sp³-hybridized carbons (Fsp3) is 0.429. The van der Waals surface area contributed by atoms with E-state index in [0.29, 0.717) is 29.7 Å². The lowest BCUT2D eigenvalue weighted by molar-refractivity contribution is 0.0691. The first-order valence-electron chi connectivity index (χ1n) is 5.92. The van der Waals surface area contributed by atoms with Crippen LogP contribution in [0.1, 0.15) is 45.2 Å². The van der Waals surface area contributed by atoms with Gasteiger partial charge in [0.1, 0.15) is 11.3 Å². The fourth-order valence-corrected chi connectivity index (χ4v) is 2.62. The minimum Gasteiger partial charge on any atom is -0.496 e. The number of hydrogen-bond donors (Lipinski definition) is 1. The van der Waals surface area contributed by atoms with Crippen molar-refractivity contribution in [2.45, 2.75) is 26.7 Å². The highest BCUT2D eigenvalue weighted by molar-refractivity contribution is 6.02. The third kappa shape index (κ3) is 1.88. The van der Waals surface area contributed by atoms with Gasteiger partial charge in [-0.15, -0.1) is 0 Å². The van der Waals surface area contributed by atoms with Crippen LogP contribution in [-0.4, -0.2) is 24.0 Å². The molecule has 1 aromatic rings. The van der Waals surface area contributed by atoms with Gasteiger partial charge in [-0.3, -0.25) is 4.79 Å². The average Bonchev–Trinajstić information content (AvgIpc) is 2.28. The van der Waals surface area contributed by atoms with E-state index in [1.807, 2.05) is 6.92 Å². The first-order valence-corrected chi connectivity index (χ1v) is 5.92. The zero-order chi connectivity index (χ0) is 13.4. The van der Waals surface area contributed by atoms with Crippen LogP contribution < -0.4 is 4.74 Å². The molecule has 0 bridgehead atoms. The fourth-order valence-electron chi connectivity index (χ4n) is 2.62. The van der Waals surface area contributed by atoms with Crippen LogP contribution in [0.4, 0.5) is 0 Å². The van der Waals surface area contributed by atoms with Gasteiger partial charge in [-0.1, -0.05) is 6.92 Å². The SMILES string of the molecule is COc1c2c(cc(C)c1C(=O)O)C(=O)CC(C)C2. The maximum atomic E-state index is 12.0. The monoisotopic (exact) mass is 248 g/mol. The molecular weight excluding hydrogens is 232 g/mol. The zero-order valence-electron chi connectivity index (χ0n) is 10.7. The predicted octanol–water partition coefficient (Wildman–Crippen LogP) is 2.47. The van der Waals surface area contributed by atoms with Crippen molar-refractivity contribution in [2.24, 2.45) is 5.92 Å². The Labute approximate surface area is 106 Å². The van der Waals surface area contributed by atoms with Crippen molar-refractivity contribution >= 4 is 11.8 Å². The van der Waals surface area contributed by atoms with Gasteiger partial charge >= 0.3 is 5.97 Å². The normalized spacial score (nSPS) is 18.4. The molecule has 2 rings (SSSR count). The van der Waals surface area contributed by atoms with Gasteiger partial charge in [0.2, 0.25) is 0 Å². The van der Waals surface area contributed by atoms with Gasteiger partial charge in [-0.2, -0.15) is 0 Å². The summed E-state index contributed by atoms with van der Waals surface area (Å²) in [5, 5.41) is 9.25. The largest absolute Gasteiger partial charge is 0.496 e. The number of methoxy groups -OCH3 is 1. The van der Waals surface area contributed by atoms with Crippen LogP contribution in [0.15, 0.2) is 6.07 Å². The number of carboxylic acid groups (broad SMARTS) is 1. The number of ether oxygens (including phenoxy) is 1. The maximum absolute atomic E-state index is 12.0. The number of rotatable bonds is 2. The number of Topliss-reactive ketones (excluding diaryl/α,β-unsaturated/α-hetero) is 1. The van der Waals surface area contributed by atoms with Crippen LogP contribution in [0, 0.1) is 12.8 Å². The quantitative estimate of drug-likeness (QED) is 0.873. The Morgan fingerprint density at radius 3 is 2.67 bits per heavy atom. The summed E-state index contributed by atoms with van der Waals surface area (Å²) in [6.45, 7) is 3.68. The van der Waals surface area contributed by atoms with Gasteiger partial charge in [0, 0.05) is 17.5 Å². The highest BCUT2D eigenvalue weighted by Crippen LogP contribution is 2.36. The van der Waals surface area contributed by atoms with Gasteiger partial charge in [0.05, 0.1) is 7.11 Å². The summed E-state index contributed by atoms with van der Waals surface area (Å²) in [5.41, 5.74) is 2.09. The maximum Gasteiger partial charge on any atom is 0.339 e. The van der Waals surface area contributed by atoms with E-state index in [4.69, 9.17) is 4.74 Å². The number of aryl methyl sites for hydroxylation is 1. The first kappa shape index (κ1) is 12.6. The third-order valence-electron chi connectivity index (χ3n) is 3.39. The van der Waals surface area contributed by atoms with E-state index in [0.717, 1.165) is 5.56 Å². The minimum absolute atomic E-state index is 0.0714. The topological polar surface area (TPSA) is 63.6 Å². The van der Waals surface area contributed by atoms with E-state index < -0.39 is 5.97 Å². The Balaban J connectivity index is 2.73. The molecule has 1 aliphatic carbocycles. The minimum atomic E-state index is -1.02. The van der Waals surface area contributed by atoms with Gasteiger partial charge in [-0.05, 0) is 30.9 Å². The molecule has 0 amide bonds. The number of carbonyl (C=O) groups excluding carboxylic acids is 1. The second kappa shape index (κ2) is 4.44. The van der Waals surface area contributed by atoms with Crippen molar-refractivity contribution in [3.05, 3.63) is 28.3 Å². The predicted molar refractivity (Wildman–Crippen MR) is 66.5 cm³/mol. The number of carbonyl (C=O) groups is 2. The second-order valence-electron chi connectivity index (χ2n) is 4.87. The Morgan fingerprint density at radius 1 is 1.44 bits per heavy atom. The molecular formula is C14H16O4. The van der Waals surface area contributed by atoms with E-state index in [1.54, 1.807) is 13.0 Å². The lowest BCUT2D eigenvalue weighted by Crippen LogP contribution is -2.21. The van der Waals surface area contributed by atoms with Gasteiger partial charge in [0.15, 0.2) is 5.78 Å². The number of carboxylic acids is 1. The molecule has 0 aromatic heterocycles. The average molecular weight is 248 g/mol.